The van der Waals surface area contributed by atoms with Crippen molar-refractivity contribution in [1.82, 2.24) is 14.8 Å². The Kier molecular flexibility index (Phi) is 2.46. The first-order chi connectivity index (χ1) is 7.20. The molecule has 0 aromatic carbocycles. The largest absolute Gasteiger partial charge is 0.314 e. The van der Waals surface area contributed by atoms with Gasteiger partial charge in [-0.2, -0.15) is 5.10 Å². The van der Waals surface area contributed by atoms with Gasteiger partial charge in [0.2, 0.25) is 0 Å². The van der Waals surface area contributed by atoms with Crippen LogP contribution >= 0.6 is 15.9 Å². The van der Waals surface area contributed by atoms with Crippen molar-refractivity contribution in [3.63, 3.8) is 0 Å². The van der Waals surface area contributed by atoms with Crippen molar-refractivity contribution in [3.05, 3.63) is 45.4 Å². The Morgan fingerprint density at radius 2 is 2.27 bits per heavy atom. The van der Waals surface area contributed by atoms with Gasteiger partial charge in [-0.25, -0.2) is 4.68 Å². The van der Waals surface area contributed by atoms with Crippen LogP contribution in [0, 0.1) is 10.1 Å². The highest BCUT2D eigenvalue weighted by Crippen LogP contribution is 2.28. The summed E-state index contributed by atoms with van der Waals surface area (Å²) in [5, 5.41) is 14.7. The average Bonchev–Trinajstić information content (AvgIpc) is 2.70. The lowest BCUT2D eigenvalue weighted by Gasteiger charge is -2.03. The standard InChI is InChI=1S/C8H5BrN4O2/c9-6-4-10-5-7(13(14)15)8(6)12-3-1-2-11-12/h1-5H. The minimum absolute atomic E-state index is 0.0897. The fourth-order valence-electron chi connectivity index (χ4n) is 1.18. The van der Waals surface area contributed by atoms with Crippen LogP contribution in [-0.2, 0) is 0 Å². The second-order valence-electron chi connectivity index (χ2n) is 2.70. The molecule has 2 rings (SSSR count). The van der Waals surface area contributed by atoms with Crippen LogP contribution in [0.15, 0.2) is 35.3 Å². The predicted octanol–water partition coefficient (Wildman–Crippen LogP) is 1.94. The molecule has 0 spiro atoms. The maximum atomic E-state index is 10.8. The van der Waals surface area contributed by atoms with Gasteiger partial charge < -0.3 is 0 Å². The highest BCUT2D eigenvalue weighted by molar-refractivity contribution is 9.10. The Bertz CT molecular complexity index is 497. The molecule has 0 aliphatic rings. The second kappa shape index (κ2) is 3.77. The van der Waals surface area contributed by atoms with Crippen molar-refractivity contribution in [2.24, 2.45) is 0 Å². The van der Waals surface area contributed by atoms with E-state index in [9.17, 15) is 10.1 Å². The molecule has 2 aromatic rings. The van der Waals surface area contributed by atoms with Crippen molar-refractivity contribution in [2.45, 2.75) is 0 Å². The first kappa shape index (κ1) is 9.78. The summed E-state index contributed by atoms with van der Waals surface area (Å²) in [6, 6.07) is 1.69. The van der Waals surface area contributed by atoms with Gasteiger partial charge in [0, 0.05) is 18.6 Å². The van der Waals surface area contributed by atoms with Gasteiger partial charge in [0.15, 0.2) is 5.69 Å². The van der Waals surface area contributed by atoms with E-state index in [1.165, 1.54) is 17.1 Å². The van der Waals surface area contributed by atoms with E-state index >= 15 is 0 Å². The van der Waals surface area contributed by atoms with Crippen LogP contribution in [0.25, 0.3) is 5.69 Å². The van der Waals surface area contributed by atoms with Gasteiger partial charge >= 0.3 is 5.69 Å². The summed E-state index contributed by atoms with van der Waals surface area (Å²) in [7, 11) is 0. The van der Waals surface area contributed by atoms with E-state index in [2.05, 4.69) is 26.0 Å². The maximum absolute atomic E-state index is 10.8. The Morgan fingerprint density at radius 3 is 2.87 bits per heavy atom. The van der Waals surface area contributed by atoms with E-state index in [1.54, 1.807) is 18.5 Å². The van der Waals surface area contributed by atoms with Crippen molar-refractivity contribution >= 4 is 21.6 Å². The zero-order chi connectivity index (χ0) is 10.8. The van der Waals surface area contributed by atoms with Crippen molar-refractivity contribution in [2.75, 3.05) is 0 Å². The lowest BCUT2D eigenvalue weighted by molar-refractivity contribution is -0.385. The zero-order valence-corrected chi connectivity index (χ0v) is 8.96. The van der Waals surface area contributed by atoms with Gasteiger partial charge in [0.05, 0.1) is 9.40 Å². The molecule has 6 nitrogen and oxygen atoms in total. The molecule has 0 aliphatic heterocycles. The van der Waals surface area contributed by atoms with E-state index in [0.717, 1.165) is 0 Å². The van der Waals surface area contributed by atoms with E-state index in [1.807, 2.05) is 0 Å². The highest BCUT2D eigenvalue weighted by atomic mass is 79.9. The Labute approximate surface area is 92.8 Å². The topological polar surface area (TPSA) is 73.8 Å². The molecule has 2 aromatic heterocycles. The van der Waals surface area contributed by atoms with Crippen LogP contribution in [0.3, 0.4) is 0 Å². The number of aromatic nitrogens is 3. The van der Waals surface area contributed by atoms with E-state index in [0.29, 0.717) is 10.2 Å². The molecular formula is C8H5BrN4O2. The fraction of sp³-hybridized carbons (Fsp3) is 0. The number of nitro groups is 1. The number of pyridine rings is 1. The quantitative estimate of drug-likeness (QED) is 0.616. The number of hydrogen-bond acceptors (Lipinski definition) is 4. The van der Waals surface area contributed by atoms with Gasteiger partial charge in [-0.05, 0) is 22.0 Å². The summed E-state index contributed by atoms with van der Waals surface area (Å²) >= 11 is 3.21. The minimum Gasteiger partial charge on any atom is -0.258 e. The summed E-state index contributed by atoms with van der Waals surface area (Å²) in [4.78, 5) is 14.0. The summed E-state index contributed by atoms with van der Waals surface area (Å²) in [5.41, 5.74) is 0.285. The van der Waals surface area contributed by atoms with Gasteiger partial charge in [0.25, 0.3) is 0 Å². The van der Waals surface area contributed by atoms with Crippen LogP contribution in [0.5, 0.6) is 0 Å². The van der Waals surface area contributed by atoms with E-state index in [4.69, 9.17) is 0 Å². The van der Waals surface area contributed by atoms with Gasteiger partial charge in [-0.3, -0.25) is 15.1 Å². The molecule has 0 bridgehead atoms. The molecule has 0 aliphatic carbocycles. The molecule has 0 unspecified atom stereocenters. The number of hydrogen-bond donors (Lipinski definition) is 0. The van der Waals surface area contributed by atoms with Gasteiger partial charge in [-0.1, -0.05) is 0 Å². The summed E-state index contributed by atoms with van der Waals surface area (Å²) < 4.78 is 1.95. The first-order valence-electron chi connectivity index (χ1n) is 3.98. The minimum atomic E-state index is -0.491. The SMILES string of the molecule is O=[N+]([O-])c1cncc(Br)c1-n1cccn1. The Morgan fingerprint density at radius 1 is 1.47 bits per heavy atom. The van der Waals surface area contributed by atoms with Crippen LogP contribution in [0.1, 0.15) is 0 Å². The Balaban J connectivity index is 2.68. The molecule has 0 amide bonds. The average molecular weight is 269 g/mol. The third-order valence-electron chi connectivity index (χ3n) is 1.78. The normalized spacial score (nSPS) is 10.2. The summed E-state index contributed by atoms with van der Waals surface area (Å²) in [6.45, 7) is 0. The van der Waals surface area contributed by atoms with Crippen LogP contribution < -0.4 is 0 Å². The van der Waals surface area contributed by atoms with Gasteiger partial charge in [-0.15, -0.1) is 0 Å². The van der Waals surface area contributed by atoms with Crippen LogP contribution in [-0.4, -0.2) is 19.7 Å². The van der Waals surface area contributed by atoms with Gasteiger partial charge in [0.1, 0.15) is 6.20 Å². The highest BCUT2D eigenvalue weighted by Gasteiger charge is 2.18. The van der Waals surface area contributed by atoms with Crippen LogP contribution in [0.2, 0.25) is 0 Å². The van der Waals surface area contributed by atoms with Crippen molar-refractivity contribution in [1.29, 1.82) is 0 Å². The fourth-order valence-corrected chi connectivity index (χ4v) is 1.68. The number of rotatable bonds is 2. The molecule has 7 heteroatoms. The summed E-state index contributed by atoms with van der Waals surface area (Å²) in [6.07, 6.45) is 5.87. The van der Waals surface area contributed by atoms with Crippen LogP contribution in [0.4, 0.5) is 5.69 Å². The third kappa shape index (κ3) is 1.73. The molecule has 0 saturated carbocycles. The van der Waals surface area contributed by atoms with Crippen molar-refractivity contribution < 1.29 is 4.92 Å². The lowest BCUT2D eigenvalue weighted by atomic mass is 10.3. The maximum Gasteiger partial charge on any atom is 0.314 e. The molecule has 2 heterocycles. The molecule has 0 saturated heterocycles. The predicted molar refractivity (Wildman–Crippen MR) is 55.7 cm³/mol. The first-order valence-corrected chi connectivity index (χ1v) is 4.77. The molecule has 0 fully saturated rings. The zero-order valence-electron chi connectivity index (χ0n) is 7.37. The van der Waals surface area contributed by atoms with E-state index in [-0.39, 0.29) is 5.69 Å². The molecule has 0 N–H and O–H groups in total. The Hall–Kier alpha value is -1.76. The molecule has 0 radical (unpaired) electrons. The van der Waals surface area contributed by atoms with E-state index < -0.39 is 4.92 Å². The monoisotopic (exact) mass is 268 g/mol. The number of halogens is 1. The number of nitrogens with zero attached hydrogens (tertiary/aromatic N) is 4. The second-order valence-corrected chi connectivity index (χ2v) is 3.55. The lowest BCUT2D eigenvalue weighted by Crippen LogP contribution is -2.02. The molecule has 76 valence electrons. The summed E-state index contributed by atoms with van der Waals surface area (Å²) in [5.74, 6) is 0. The third-order valence-corrected chi connectivity index (χ3v) is 2.36. The molecule has 0 atom stereocenters. The molecular weight excluding hydrogens is 264 g/mol. The van der Waals surface area contributed by atoms with Crippen molar-refractivity contribution in [3.8, 4) is 5.69 Å². The molecule has 15 heavy (non-hydrogen) atoms. The smallest absolute Gasteiger partial charge is 0.258 e.